The third-order valence-electron chi connectivity index (χ3n) is 4.02. The van der Waals surface area contributed by atoms with E-state index >= 15 is 0 Å². The SMILES string of the molecule is CC=C(C)c1c(C)c2ccccc2c2ccccc12. The van der Waals surface area contributed by atoms with Gasteiger partial charge in [-0.2, -0.15) is 0 Å². The van der Waals surface area contributed by atoms with Crippen LogP contribution in [0.5, 0.6) is 0 Å². The molecule has 0 aliphatic heterocycles. The number of aryl methyl sites for hydroxylation is 1. The van der Waals surface area contributed by atoms with E-state index in [2.05, 4.69) is 75.4 Å². The van der Waals surface area contributed by atoms with Crippen LogP contribution in [0.4, 0.5) is 0 Å². The zero-order valence-corrected chi connectivity index (χ0v) is 11.7. The van der Waals surface area contributed by atoms with E-state index in [9.17, 15) is 0 Å². The summed E-state index contributed by atoms with van der Waals surface area (Å²) in [6, 6.07) is 17.4. The standard InChI is InChI=1S/C19H18/c1-4-13(2)19-14(3)15-9-5-6-10-16(15)17-11-7-8-12-18(17)19/h4-12H,1-3H3. The topological polar surface area (TPSA) is 0 Å². The number of benzene rings is 3. The number of hydrogen-bond acceptors (Lipinski definition) is 0. The van der Waals surface area contributed by atoms with Crippen LogP contribution in [-0.4, -0.2) is 0 Å². The highest BCUT2D eigenvalue weighted by Gasteiger charge is 2.11. The Hall–Kier alpha value is -2.08. The molecule has 0 fully saturated rings. The molecule has 94 valence electrons. The van der Waals surface area contributed by atoms with Gasteiger partial charge in [0.05, 0.1) is 0 Å². The summed E-state index contributed by atoms with van der Waals surface area (Å²) in [5, 5.41) is 5.41. The molecular weight excluding hydrogens is 228 g/mol. The van der Waals surface area contributed by atoms with E-state index in [4.69, 9.17) is 0 Å². The Morgan fingerprint density at radius 3 is 1.84 bits per heavy atom. The fourth-order valence-electron chi connectivity index (χ4n) is 2.97. The molecule has 0 aromatic heterocycles. The van der Waals surface area contributed by atoms with E-state index < -0.39 is 0 Å². The molecule has 3 rings (SSSR count). The molecule has 0 bridgehead atoms. The molecule has 0 heteroatoms. The average molecular weight is 246 g/mol. The fourth-order valence-corrected chi connectivity index (χ4v) is 2.97. The number of rotatable bonds is 1. The van der Waals surface area contributed by atoms with Crippen LogP contribution in [0.25, 0.3) is 27.1 Å². The first-order valence-corrected chi connectivity index (χ1v) is 6.77. The lowest BCUT2D eigenvalue weighted by atomic mass is 9.89. The molecule has 0 aliphatic rings. The van der Waals surface area contributed by atoms with E-state index in [1.54, 1.807) is 0 Å². The molecule has 0 unspecified atom stereocenters. The maximum Gasteiger partial charge on any atom is -0.00991 e. The van der Waals surface area contributed by atoms with Gasteiger partial charge in [0.2, 0.25) is 0 Å². The molecule has 0 heterocycles. The Morgan fingerprint density at radius 2 is 1.26 bits per heavy atom. The van der Waals surface area contributed by atoms with Crippen molar-refractivity contribution in [2.75, 3.05) is 0 Å². The van der Waals surface area contributed by atoms with Crippen molar-refractivity contribution in [1.82, 2.24) is 0 Å². The van der Waals surface area contributed by atoms with Gasteiger partial charge in [0.15, 0.2) is 0 Å². The van der Waals surface area contributed by atoms with Crippen molar-refractivity contribution in [3.8, 4) is 0 Å². The Bertz CT molecular complexity index is 792. The highest BCUT2D eigenvalue weighted by Crippen LogP contribution is 2.35. The van der Waals surface area contributed by atoms with Crippen LogP contribution < -0.4 is 0 Å². The van der Waals surface area contributed by atoms with Gasteiger partial charge in [-0.1, -0.05) is 54.6 Å². The number of fused-ring (bicyclic) bond motifs is 3. The second-order valence-electron chi connectivity index (χ2n) is 5.06. The maximum atomic E-state index is 2.23. The Labute approximate surface area is 114 Å². The van der Waals surface area contributed by atoms with E-state index in [0.717, 1.165) is 0 Å². The largest absolute Gasteiger partial charge is 0.0841 e. The van der Waals surface area contributed by atoms with Gasteiger partial charge in [0, 0.05) is 0 Å². The molecule has 0 aliphatic carbocycles. The second kappa shape index (κ2) is 4.55. The minimum absolute atomic E-state index is 1.35. The summed E-state index contributed by atoms with van der Waals surface area (Å²) in [5.41, 5.74) is 4.11. The molecule has 0 radical (unpaired) electrons. The van der Waals surface area contributed by atoms with Gasteiger partial charge in [-0.3, -0.25) is 0 Å². The van der Waals surface area contributed by atoms with Gasteiger partial charge in [0.1, 0.15) is 0 Å². The van der Waals surface area contributed by atoms with E-state index in [0.29, 0.717) is 0 Å². The smallest absolute Gasteiger partial charge is 0.00991 e. The van der Waals surface area contributed by atoms with Crippen molar-refractivity contribution < 1.29 is 0 Å². The molecule has 0 nitrogen and oxygen atoms in total. The lowest BCUT2D eigenvalue weighted by Crippen LogP contribution is -1.91. The molecule has 0 atom stereocenters. The fraction of sp³-hybridized carbons (Fsp3) is 0.158. The zero-order valence-electron chi connectivity index (χ0n) is 11.7. The van der Waals surface area contributed by atoms with Crippen molar-refractivity contribution in [2.24, 2.45) is 0 Å². The van der Waals surface area contributed by atoms with Crippen LogP contribution in [-0.2, 0) is 0 Å². The maximum absolute atomic E-state index is 2.23. The Balaban J connectivity index is 2.63. The lowest BCUT2D eigenvalue weighted by Gasteiger charge is -2.15. The van der Waals surface area contributed by atoms with Crippen LogP contribution >= 0.6 is 0 Å². The predicted octanol–water partition coefficient (Wildman–Crippen LogP) is 5.72. The van der Waals surface area contributed by atoms with Crippen molar-refractivity contribution in [3.63, 3.8) is 0 Å². The van der Waals surface area contributed by atoms with Gasteiger partial charge >= 0.3 is 0 Å². The highest BCUT2D eigenvalue weighted by atomic mass is 14.1. The molecule has 0 saturated carbocycles. The normalized spacial score (nSPS) is 12.3. The predicted molar refractivity (Wildman–Crippen MR) is 85.5 cm³/mol. The summed E-state index contributed by atoms with van der Waals surface area (Å²) in [4.78, 5) is 0. The van der Waals surface area contributed by atoms with Crippen molar-refractivity contribution in [1.29, 1.82) is 0 Å². The highest BCUT2D eigenvalue weighted by molar-refractivity contribution is 6.13. The first-order valence-electron chi connectivity index (χ1n) is 6.77. The van der Waals surface area contributed by atoms with Crippen LogP contribution in [0.3, 0.4) is 0 Å². The van der Waals surface area contributed by atoms with Gasteiger partial charge < -0.3 is 0 Å². The monoisotopic (exact) mass is 246 g/mol. The third kappa shape index (κ3) is 1.76. The van der Waals surface area contributed by atoms with E-state index in [1.807, 2.05) is 0 Å². The molecule has 0 N–H and O–H groups in total. The molecular formula is C19H18. The van der Waals surface area contributed by atoms with Crippen LogP contribution in [0, 0.1) is 6.92 Å². The van der Waals surface area contributed by atoms with Gasteiger partial charge in [-0.15, -0.1) is 0 Å². The molecule has 19 heavy (non-hydrogen) atoms. The summed E-state index contributed by atoms with van der Waals surface area (Å²) < 4.78 is 0. The Kier molecular flexibility index (Phi) is 2.87. The summed E-state index contributed by atoms with van der Waals surface area (Å²) in [6.07, 6.45) is 2.20. The van der Waals surface area contributed by atoms with E-state index in [-0.39, 0.29) is 0 Å². The second-order valence-corrected chi connectivity index (χ2v) is 5.06. The van der Waals surface area contributed by atoms with Gasteiger partial charge in [-0.25, -0.2) is 0 Å². The average Bonchev–Trinajstić information content (AvgIpc) is 2.47. The molecule has 3 aromatic carbocycles. The quantitative estimate of drug-likeness (QED) is 0.481. The molecule has 0 saturated heterocycles. The Morgan fingerprint density at radius 1 is 0.789 bits per heavy atom. The van der Waals surface area contributed by atoms with Gasteiger partial charge in [-0.05, 0) is 59.0 Å². The first-order chi connectivity index (χ1) is 9.24. The van der Waals surface area contributed by atoms with E-state index in [1.165, 1.54) is 38.2 Å². The third-order valence-corrected chi connectivity index (χ3v) is 4.02. The molecule has 0 amide bonds. The first kappa shape index (κ1) is 12.0. The molecule has 3 aromatic rings. The minimum atomic E-state index is 1.35. The van der Waals surface area contributed by atoms with Crippen LogP contribution in [0.1, 0.15) is 25.0 Å². The van der Waals surface area contributed by atoms with Crippen molar-refractivity contribution in [2.45, 2.75) is 20.8 Å². The zero-order chi connectivity index (χ0) is 13.4. The summed E-state index contributed by atoms with van der Waals surface area (Å²) in [7, 11) is 0. The summed E-state index contributed by atoms with van der Waals surface area (Å²) in [6.45, 7) is 6.54. The van der Waals surface area contributed by atoms with Crippen LogP contribution in [0.2, 0.25) is 0 Å². The molecule has 0 spiro atoms. The van der Waals surface area contributed by atoms with Gasteiger partial charge in [0.25, 0.3) is 0 Å². The number of hydrogen-bond donors (Lipinski definition) is 0. The minimum Gasteiger partial charge on any atom is -0.0841 e. The lowest BCUT2D eigenvalue weighted by molar-refractivity contribution is 1.47. The van der Waals surface area contributed by atoms with Crippen LogP contribution in [0.15, 0.2) is 54.6 Å². The summed E-state index contributed by atoms with van der Waals surface area (Å²) >= 11 is 0. The van der Waals surface area contributed by atoms with Crippen molar-refractivity contribution >= 4 is 27.1 Å². The van der Waals surface area contributed by atoms with Crippen molar-refractivity contribution in [3.05, 3.63) is 65.7 Å². The summed E-state index contributed by atoms with van der Waals surface area (Å²) in [5.74, 6) is 0. The number of allylic oxidation sites excluding steroid dienone is 2.